The number of hydrogen-bond donors (Lipinski definition) is 1. The molecule has 1 heterocycles. The van der Waals surface area contributed by atoms with Crippen molar-refractivity contribution in [3.05, 3.63) is 24.0 Å². The Morgan fingerprint density at radius 3 is 2.57 bits per heavy atom. The molecule has 1 aliphatic rings. The average molecular weight is 292 g/mol. The summed E-state index contributed by atoms with van der Waals surface area (Å²) in [6.07, 6.45) is 5.93. The Bertz CT molecular complexity index is 523. The minimum atomic E-state index is -1.00. The van der Waals surface area contributed by atoms with Gasteiger partial charge in [0.15, 0.2) is 0 Å². The fourth-order valence-electron chi connectivity index (χ4n) is 2.98. The Morgan fingerprint density at radius 1 is 1.38 bits per heavy atom. The molecule has 0 saturated heterocycles. The summed E-state index contributed by atoms with van der Waals surface area (Å²) in [4.78, 5) is 25.2. The van der Waals surface area contributed by atoms with Crippen LogP contribution in [0.3, 0.4) is 0 Å². The molecule has 5 heteroatoms. The van der Waals surface area contributed by atoms with E-state index < -0.39 is 5.97 Å². The van der Waals surface area contributed by atoms with Crippen LogP contribution in [0, 0.1) is 5.41 Å². The van der Waals surface area contributed by atoms with Crippen molar-refractivity contribution < 1.29 is 14.7 Å². The van der Waals surface area contributed by atoms with Crippen molar-refractivity contribution in [2.45, 2.75) is 52.1 Å². The van der Waals surface area contributed by atoms with Gasteiger partial charge in [0.05, 0.1) is 0 Å². The van der Waals surface area contributed by atoms with Crippen LogP contribution in [0.15, 0.2) is 18.3 Å². The quantitative estimate of drug-likeness (QED) is 0.928. The first kappa shape index (κ1) is 15.6. The molecule has 0 aromatic carbocycles. The van der Waals surface area contributed by atoms with Crippen molar-refractivity contribution in [2.24, 2.45) is 5.41 Å². The zero-order valence-electron chi connectivity index (χ0n) is 13.0. The monoisotopic (exact) mass is 292 g/mol. The molecule has 2 rings (SSSR count). The van der Waals surface area contributed by atoms with Gasteiger partial charge in [0.1, 0.15) is 12.2 Å². The normalized spacial score (nSPS) is 18.4. The van der Waals surface area contributed by atoms with Crippen molar-refractivity contribution in [2.75, 3.05) is 7.05 Å². The van der Waals surface area contributed by atoms with Crippen LogP contribution in [0.4, 0.5) is 0 Å². The maximum Gasteiger partial charge on any atom is 0.352 e. The number of nitrogens with zero attached hydrogens (tertiary/aromatic N) is 2. The highest BCUT2D eigenvalue weighted by atomic mass is 16.4. The molecule has 21 heavy (non-hydrogen) atoms. The Morgan fingerprint density at radius 2 is 2.00 bits per heavy atom. The number of carbonyl (C=O) groups is 2. The predicted molar refractivity (Wildman–Crippen MR) is 80.2 cm³/mol. The van der Waals surface area contributed by atoms with Gasteiger partial charge in [-0.3, -0.25) is 4.79 Å². The molecule has 0 bridgehead atoms. The zero-order valence-corrected chi connectivity index (χ0v) is 13.0. The molecular weight excluding hydrogens is 268 g/mol. The maximum atomic E-state index is 12.4. The third-order valence-electron chi connectivity index (χ3n) is 4.60. The summed E-state index contributed by atoms with van der Waals surface area (Å²) in [5.74, 6) is -1.03. The fourth-order valence-corrected chi connectivity index (χ4v) is 2.98. The lowest BCUT2D eigenvalue weighted by molar-refractivity contribution is -0.133. The summed E-state index contributed by atoms with van der Waals surface area (Å²) in [5, 5.41) is 9.07. The molecule has 1 fully saturated rings. The van der Waals surface area contributed by atoms with Gasteiger partial charge in [0.2, 0.25) is 5.91 Å². The van der Waals surface area contributed by atoms with E-state index in [1.54, 1.807) is 17.2 Å². The van der Waals surface area contributed by atoms with E-state index in [0.29, 0.717) is 5.41 Å². The lowest BCUT2D eigenvalue weighted by atomic mass is 9.75. The lowest BCUT2D eigenvalue weighted by Crippen LogP contribution is -2.42. The lowest BCUT2D eigenvalue weighted by Gasteiger charge is -2.38. The van der Waals surface area contributed by atoms with Crippen LogP contribution < -0.4 is 0 Å². The third kappa shape index (κ3) is 3.65. The van der Waals surface area contributed by atoms with E-state index in [9.17, 15) is 9.59 Å². The molecular formula is C16H24N2O3. The number of likely N-dealkylation sites (N-methyl/N-ethyl adjacent to an activating group) is 1. The Kier molecular flexibility index (Phi) is 4.40. The first-order valence-electron chi connectivity index (χ1n) is 7.44. The van der Waals surface area contributed by atoms with E-state index in [2.05, 4.69) is 13.8 Å². The summed E-state index contributed by atoms with van der Waals surface area (Å²) in [6, 6.07) is 3.44. The van der Waals surface area contributed by atoms with E-state index in [4.69, 9.17) is 5.11 Å². The molecule has 1 aromatic rings. The van der Waals surface area contributed by atoms with E-state index in [0.717, 1.165) is 25.7 Å². The number of carboxylic acid groups (broad SMARTS) is 1. The van der Waals surface area contributed by atoms with Crippen LogP contribution in [-0.4, -0.2) is 39.5 Å². The number of hydrogen-bond acceptors (Lipinski definition) is 2. The molecule has 0 unspecified atom stereocenters. The molecule has 0 aliphatic heterocycles. The third-order valence-corrected chi connectivity index (χ3v) is 4.60. The van der Waals surface area contributed by atoms with E-state index in [1.165, 1.54) is 10.6 Å². The summed E-state index contributed by atoms with van der Waals surface area (Å²) in [6.45, 7) is 4.62. The molecule has 1 aliphatic carbocycles. The standard InChI is InChI=1S/C16H24N2O3/c1-16(2)8-6-12(7-9-16)17(3)14(19)11-18-10-4-5-13(18)15(20)21/h4-5,10,12H,6-9,11H2,1-3H3,(H,20,21). The van der Waals surface area contributed by atoms with E-state index >= 15 is 0 Å². The summed E-state index contributed by atoms with van der Waals surface area (Å²) >= 11 is 0. The number of amides is 1. The minimum absolute atomic E-state index is 0.0293. The number of carboxylic acids is 1. The number of rotatable bonds is 4. The molecule has 5 nitrogen and oxygen atoms in total. The molecule has 1 aromatic heterocycles. The van der Waals surface area contributed by atoms with Crippen molar-refractivity contribution >= 4 is 11.9 Å². The summed E-state index contributed by atoms with van der Waals surface area (Å²) in [7, 11) is 1.83. The first-order chi connectivity index (χ1) is 9.80. The second kappa shape index (κ2) is 5.92. The fraction of sp³-hybridized carbons (Fsp3) is 0.625. The van der Waals surface area contributed by atoms with Crippen LogP contribution in [0.5, 0.6) is 0 Å². The van der Waals surface area contributed by atoms with Gasteiger partial charge in [-0.2, -0.15) is 0 Å². The zero-order chi connectivity index (χ0) is 15.6. The van der Waals surface area contributed by atoms with Gasteiger partial charge < -0.3 is 14.6 Å². The second-order valence-corrected chi connectivity index (χ2v) is 6.73. The number of aromatic nitrogens is 1. The Labute approximate surface area is 125 Å². The predicted octanol–water partition coefficient (Wildman–Crippen LogP) is 2.61. The number of carbonyl (C=O) groups excluding carboxylic acids is 1. The number of aromatic carboxylic acids is 1. The average Bonchev–Trinajstić information content (AvgIpc) is 2.86. The van der Waals surface area contributed by atoms with E-state index in [1.807, 2.05) is 7.05 Å². The molecule has 1 N–H and O–H groups in total. The highest BCUT2D eigenvalue weighted by Crippen LogP contribution is 2.36. The van der Waals surface area contributed by atoms with Crippen LogP contribution in [0.1, 0.15) is 50.0 Å². The van der Waals surface area contributed by atoms with Gasteiger partial charge in [-0.1, -0.05) is 13.8 Å². The van der Waals surface area contributed by atoms with Gasteiger partial charge in [0.25, 0.3) is 0 Å². The molecule has 0 spiro atoms. The Balaban J connectivity index is 1.97. The molecule has 0 radical (unpaired) electrons. The smallest absolute Gasteiger partial charge is 0.352 e. The summed E-state index contributed by atoms with van der Waals surface area (Å²) in [5.41, 5.74) is 0.527. The Hall–Kier alpha value is -1.78. The second-order valence-electron chi connectivity index (χ2n) is 6.73. The van der Waals surface area contributed by atoms with Crippen molar-refractivity contribution in [3.8, 4) is 0 Å². The summed E-state index contributed by atoms with van der Waals surface area (Å²) < 4.78 is 1.49. The SMILES string of the molecule is CN(C(=O)Cn1cccc1C(=O)O)C1CCC(C)(C)CC1. The largest absolute Gasteiger partial charge is 0.477 e. The first-order valence-corrected chi connectivity index (χ1v) is 7.44. The van der Waals surface area contributed by atoms with Gasteiger partial charge in [-0.25, -0.2) is 4.79 Å². The highest BCUT2D eigenvalue weighted by Gasteiger charge is 2.30. The van der Waals surface area contributed by atoms with Gasteiger partial charge in [-0.05, 0) is 43.2 Å². The molecule has 116 valence electrons. The van der Waals surface area contributed by atoms with Gasteiger partial charge in [-0.15, -0.1) is 0 Å². The van der Waals surface area contributed by atoms with Crippen molar-refractivity contribution in [1.29, 1.82) is 0 Å². The molecule has 1 saturated carbocycles. The van der Waals surface area contributed by atoms with Crippen molar-refractivity contribution in [3.63, 3.8) is 0 Å². The topological polar surface area (TPSA) is 62.5 Å². The van der Waals surface area contributed by atoms with Gasteiger partial charge in [0, 0.05) is 19.3 Å². The highest BCUT2D eigenvalue weighted by molar-refractivity contribution is 5.86. The maximum absolute atomic E-state index is 12.4. The van der Waals surface area contributed by atoms with Crippen LogP contribution in [0.25, 0.3) is 0 Å². The van der Waals surface area contributed by atoms with E-state index in [-0.39, 0.29) is 24.2 Å². The minimum Gasteiger partial charge on any atom is -0.477 e. The van der Waals surface area contributed by atoms with Gasteiger partial charge >= 0.3 is 5.97 Å². The van der Waals surface area contributed by atoms with Crippen molar-refractivity contribution in [1.82, 2.24) is 9.47 Å². The molecule has 0 atom stereocenters. The van der Waals surface area contributed by atoms with Crippen LogP contribution in [-0.2, 0) is 11.3 Å². The molecule has 1 amide bonds. The van der Waals surface area contributed by atoms with Crippen LogP contribution in [0.2, 0.25) is 0 Å². The van der Waals surface area contributed by atoms with Crippen LogP contribution >= 0.6 is 0 Å².